The molecule has 2 aliphatic heterocycles. The molecule has 2 rings (SSSR count). The predicted octanol–water partition coefficient (Wildman–Crippen LogP) is 0.721. The summed E-state index contributed by atoms with van der Waals surface area (Å²) in [6.45, 7) is 11.1. The van der Waals surface area contributed by atoms with Crippen LogP contribution in [0.25, 0.3) is 0 Å². The summed E-state index contributed by atoms with van der Waals surface area (Å²) in [5, 5.41) is 8.47. The second-order valence-electron chi connectivity index (χ2n) is 5.63. The predicted molar refractivity (Wildman–Crippen MR) is 108 cm³/mol. The Hall–Kier alpha value is 0.0295. The summed E-state index contributed by atoms with van der Waals surface area (Å²) in [7, 11) is -4.67. The third-order valence-corrected chi connectivity index (χ3v) is 4.37. The van der Waals surface area contributed by atoms with Gasteiger partial charge in [-0.15, -0.1) is 0 Å². The number of nitrogens with zero attached hydrogens (tertiary/aromatic N) is 2. The van der Waals surface area contributed by atoms with Crippen LogP contribution in [0.3, 0.4) is 0 Å². The second kappa shape index (κ2) is 16.0. The van der Waals surface area contributed by atoms with Crippen molar-refractivity contribution in [1.29, 1.82) is 0 Å². The number of thiol groups is 2. The van der Waals surface area contributed by atoms with Gasteiger partial charge in [0, 0.05) is 17.1 Å². The van der Waals surface area contributed by atoms with Crippen molar-refractivity contribution in [2.45, 2.75) is 39.5 Å². The molecule has 0 unspecified atom stereocenters. The van der Waals surface area contributed by atoms with Crippen LogP contribution in [0.4, 0.5) is 0 Å². The molecular weight excluding hydrogens is 448 g/mol. The van der Waals surface area contributed by atoms with E-state index in [9.17, 15) is 0 Å². The first-order valence-corrected chi connectivity index (χ1v) is 10.8. The maximum absolute atomic E-state index is 8.74. The van der Waals surface area contributed by atoms with Crippen molar-refractivity contribution in [3.8, 4) is 0 Å². The van der Waals surface area contributed by atoms with E-state index in [-0.39, 0.29) is 17.1 Å². The third kappa shape index (κ3) is 16.2. The Morgan fingerprint density at radius 1 is 0.923 bits per heavy atom. The van der Waals surface area contributed by atoms with Gasteiger partial charge in [0.1, 0.15) is 26.2 Å². The molecule has 0 bridgehead atoms. The van der Waals surface area contributed by atoms with E-state index in [1.54, 1.807) is 0 Å². The molecule has 0 saturated heterocycles. The Morgan fingerprint density at radius 3 is 1.42 bits per heavy atom. The summed E-state index contributed by atoms with van der Waals surface area (Å²) in [6, 6.07) is 0. The second-order valence-corrected chi connectivity index (χ2v) is 7.37. The van der Waals surface area contributed by atoms with Gasteiger partial charge < -0.3 is 0 Å². The van der Waals surface area contributed by atoms with Crippen molar-refractivity contribution in [3.05, 3.63) is 0 Å². The molecule has 2 aliphatic rings. The summed E-state index contributed by atoms with van der Waals surface area (Å²) < 4.78 is 36.2. The molecule has 1 radical (unpaired) electrons. The summed E-state index contributed by atoms with van der Waals surface area (Å²) in [6.07, 6.45) is 5.06. The van der Waals surface area contributed by atoms with Crippen molar-refractivity contribution < 1.29 is 43.7 Å². The maximum Gasteiger partial charge on any atom is 0.394 e. The number of rotatable bonds is 6. The minimum Gasteiger partial charge on any atom is -0.265 e. The zero-order valence-corrected chi connectivity index (χ0v) is 18.8. The Bertz CT molecular complexity index is 514. The molecule has 0 atom stereocenters. The molecule has 12 heteroatoms. The van der Waals surface area contributed by atoms with Crippen LogP contribution >= 0.6 is 25.3 Å². The standard InChI is InChI=1S/2C7H14N2S.Cu.H2O4S/c2*1-2-3-5-9-6-4-8-7(9)10;;1-5(2,3)4/h2*2-6H2,1H3,(H,8,10);;(H2,1,2,3,4)/p+2. The Labute approximate surface area is 178 Å². The van der Waals surface area contributed by atoms with Gasteiger partial charge in [-0.25, -0.2) is 0 Å². The van der Waals surface area contributed by atoms with Crippen molar-refractivity contribution in [2.75, 3.05) is 39.3 Å². The number of nitrogens with one attached hydrogen (secondary N) is 2. The molecule has 0 amide bonds. The van der Waals surface area contributed by atoms with Crippen molar-refractivity contribution in [1.82, 2.24) is 10.6 Å². The third-order valence-electron chi connectivity index (χ3n) is 3.49. The average Bonchev–Trinajstić information content (AvgIpc) is 3.10. The minimum absolute atomic E-state index is 0. The van der Waals surface area contributed by atoms with Gasteiger partial charge in [0.05, 0.1) is 13.1 Å². The molecular formula is C14H32CuN4O4S3+2. The fourth-order valence-corrected chi connectivity index (χ4v) is 2.80. The molecule has 0 aromatic carbocycles. The maximum atomic E-state index is 8.74. The first-order valence-electron chi connectivity index (χ1n) is 8.48. The monoisotopic (exact) mass is 479 g/mol. The van der Waals surface area contributed by atoms with Crippen LogP contribution in [-0.4, -0.2) is 76.3 Å². The molecule has 0 aliphatic carbocycles. The summed E-state index contributed by atoms with van der Waals surface area (Å²) >= 11 is 8.58. The Morgan fingerprint density at radius 2 is 1.23 bits per heavy atom. The molecule has 0 saturated carbocycles. The van der Waals surface area contributed by atoms with Crippen LogP contribution in [0.1, 0.15) is 39.5 Å². The van der Waals surface area contributed by atoms with Crippen molar-refractivity contribution in [3.63, 3.8) is 0 Å². The van der Waals surface area contributed by atoms with Crippen LogP contribution < -0.4 is 10.6 Å². The molecule has 0 fully saturated rings. The van der Waals surface area contributed by atoms with Crippen LogP contribution in [0.15, 0.2) is 0 Å². The number of unbranched alkanes of at least 4 members (excludes halogenated alkanes) is 2. The summed E-state index contributed by atoms with van der Waals surface area (Å²) in [4.78, 5) is 0. The van der Waals surface area contributed by atoms with Gasteiger partial charge in [-0.05, 0) is 12.8 Å². The minimum atomic E-state index is -4.67. The van der Waals surface area contributed by atoms with Gasteiger partial charge in [0.2, 0.25) is 0 Å². The van der Waals surface area contributed by atoms with Gasteiger partial charge >= 0.3 is 20.7 Å². The number of hydrogen-bond donors (Lipinski definition) is 6. The van der Waals surface area contributed by atoms with E-state index in [4.69, 9.17) is 17.5 Å². The van der Waals surface area contributed by atoms with Crippen molar-refractivity contribution >= 4 is 46.0 Å². The topological polar surface area (TPSA) is 105 Å². The number of amidine groups is 2. The molecule has 4 N–H and O–H groups in total. The van der Waals surface area contributed by atoms with Gasteiger partial charge in [-0.2, -0.15) is 8.42 Å². The molecule has 0 aromatic heterocycles. The fourth-order valence-electron chi connectivity index (χ4n) is 2.17. The van der Waals surface area contributed by atoms with E-state index in [1.807, 2.05) is 0 Å². The van der Waals surface area contributed by atoms with Gasteiger partial charge in [0.15, 0.2) is 0 Å². The fraction of sp³-hybridized carbons (Fsp3) is 0.857. The van der Waals surface area contributed by atoms with E-state index in [0.717, 1.165) is 49.6 Å². The van der Waals surface area contributed by atoms with Crippen LogP contribution in [0.2, 0.25) is 0 Å². The Balaban J connectivity index is 0. The molecule has 0 aromatic rings. The largest absolute Gasteiger partial charge is 0.394 e. The quantitative estimate of drug-likeness (QED) is 0.145. The van der Waals surface area contributed by atoms with E-state index in [0.29, 0.717) is 0 Å². The van der Waals surface area contributed by atoms with Gasteiger partial charge in [-0.3, -0.25) is 28.9 Å². The molecule has 2 heterocycles. The van der Waals surface area contributed by atoms with Crippen LogP contribution in [-0.2, 0) is 27.5 Å². The smallest absolute Gasteiger partial charge is 0.265 e. The molecule has 8 nitrogen and oxygen atoms in total. The zero-order valence-electron chi connectivity index (χ0n) is 15.3. The summed E-state index contributed by atoms with van der Waals surface area (Å²) in [5.41, 5.74) is 0. The van der Waals surface area contributed by atoms with E-state index in [1.165, 1.54) is 25.7 Å². The van der Waals surface area contributed by atoms with Gasteiger partial charge in [-0.1, -0.05) is 51.9 Å². The van der Waals surface area contributed by atoms with Crippen LogP contribution in [0, 0.1) is 0 Å². The first-order chi connectivity index (χ1) is 11.7. The summed E-state index contributed by atoms with van der Waals surface area (Å²) in [5.74, 6) is 0. The van der Waals surface area contributed by atoms with E-state index in [2.05, 4.69) is 58.9 Å². The number of hydrogen-bond acceptors (Lipinski definition) is 4. The zero-order chi connectivity index (χ0) is 19.3. The Kier molecular flexibility index (Phi) is 17.4. The SMILES string of the molecule is CCCC[N+]1=C(S)NCC1.CCCC[N+]1=C(S)NCC1.O=S(=O)(O)O.[Cu]. The molecule has 26 heavy (non-hydrogen) atoms. The van der Waals surface area contributed by atoms with E-state index >= 15 is 0 Å². The van der Waals surface area contributed by atoms with Gasteiger partial charge in [0.25, 0.3) is 0 Å². The van der Waals surface area contributed by atoms with E-state index < -0.39 is 10.4 Å². The molecule has 0 spiro atoms. The van der Waals surface area contributed by atoms with Crippen LogP contribution in [0.5, 0.6) is 0 Å². The van der Waals surface area contributed by atoms with Crippen molar-refractivity contribution in [2.24, 2.45) is 0 Å². The average molecular weight is 480 g/mol. The first kappa shape index (κ1) is 28.2. The molecule has 159 valence electrons. The normalized spacial score (nSPS) is 15.9.